The molecule has 4 atom stereocenters. The summed E-state index contributed by atoms with van der Waals surface area (Å²) in [4.78, 5) is 78.6. The first kappa shape index (κ1) is 46.8. The fraction of sp³-hybridized carbons (Fsp3) is 0.478. The second kappa shape index (κ2) is 21.9. The Hall–Kier alpha value is -5.92. The van der Waals surface area contributed by atoms with Crippen molar-refractivity contribution in [1.82, 2.24) is 16.0 Å². The van der Waals surface area contributed by atoms with Crippen LogP contribution in [0.5, 0.6) is 0 Å². The van der Waals surface area contributed by atoms with Crippen molar-refractivity contribution in [3.63, 3.8) is 0 Å². The zero-order chi connectivity index (χ0) is 44.0. The molecule has 14 heteroatoms. The molecule has 0 heterocycles. The molecule has 3 aromatic rings. The topological polar surface area (TPSA) is 185 Å². The Morgan fingerprint density at radius 3 is 1.83 bits per heavy atom. The Bertz CT molecular complexity index is 1900. The highest BCUT2D eigenvalue weighted by Crippen LogP contribution is 2.44. The van der Waals surface area contributed by atoms with Gasteiger partial charge in [0.25, 0.3) is 5.91 Å². The quantitative estimate of drug-likeness (QED) is 0.0644. The van der Waals surface area contributed by atoms with Crippen molar-refractivity contribution in [3.05, 3.63) is 95.6 Å². The molecule has 3 aromatic carbocycles. The van der Waals surface area contributed by atoms with Gasteiger partial charge in [-0.2, -0.15) is 0 Å². The number of hydrogen-bond donors (Lipinski definition) is 3. The van der Waals surface area contributed by atoms with Gasteiger partial charge in [0, 0.05) is 12.5 Å². The van der Waals surface area contributed by atoms with E-state index < -0.39 is 77.7 Å². The summed E-state index contributed by atoms with van der Waals surface area (Å²) in [6.07, 6.45) is -3.17. The van der Waals surface area contributed by atoms with E-state index in [0.717, 1.165) is 27.8 Å². The number of rotatable bonds is 19. The van der Waals surface area contributed by atoms with Crippen LogP contribution in [0.4, 0.5) is 9.59 Å². The second-order valence-electron chi connectivity index (χ2n) is 16.5. The summed E-state index contributed by atoms with van der Waals surface area (Å²) >= 11 is 0. The number of nitrogens with one attached hydrogen (secondary N) is 3. The van der Waals surface area contributed by atoms with E-state index in [2.05, 4.69) is 28.1 Å². The van der Waals surface area contributed by atoms with Gasteiger partial charge in [-0.25, -0.2) is 24.0 Å². The van der Waals surface area contributed by atoms with Gasteiger partial charge in [0.1, 0.15) is 30.9 Å². The van der Waals surface area contributed by atoms with Crippen LogP contribution in [0.1, 0.15) is 97.3 Å². The van der Waals surface area contributed by atoms with Gasteiger partial charge in [-0.05, 0) is 86.6 Å². The lowest BCUT2D eigenvalue weighted by Crippen LogP contribution is -2.53. The predicted octanol–water partition coefficient (Wildman–Crippen LogP) is 6.97. The molecule has 14 nitrogen and oxygen atoms in total. The number of hydrogen-bond acceptors (Lipinski definition) is 11. The van der Waals surface area contributed by atoms with Crippen molar-refractivity contribution >= 4 is 36.0 Å². The molecule has 60 heavy (non-hydrogen) atoms. The Labute approximate surface area is 352 Å². The van der Waals surface area contributed by atoms with Crippen LogP contribution in [0.2, 0.25) is 0 Å². The molecule has 324 valence electrons. The van der Waals surface area contributed by atoms with Crippen LogP contribution in [-0.2, 0) is 49.5 Å². The van der Waals surface area contributed by atoms with Gasteiger partial charge >= 0.3 is 30.1 Å². The van der Waals surface area contributed by atoms with Crippen LogP contribution in [0, 0.1) is 11.8 Å². The van der Waals surface area contributed by atoms with Crippen LogP contribution in [0.3, 0.4) is 0 Å². The highest BCUT2D eigenvalue weighted by Gasteiger charge is 2.36. The van der Waals surface area contributed by atoms with Crippen molar-refractivity contribution in [1.29, 1.82) is 0 Å². The van der Waals surface area contributed by atoms with Gasteiger partial charge in [0.2, 0.25) is 0 Å². The minimum absolute atomic E-state index is 0.00465. The van der Waals surface area contributed by atoms with Gasteiger partial charge in [-0.1, -0.05) is 107 Å². The van der Waals surface area contributed by atoms with E-state index in [1.807, 2.05) is 42.5 Å². The molecule has 1 aliphatic carbocycles. The van der Waals surface area contributed by atoms with Gasteiger partial charge in [-0.15, -0.1) is 0 Å². The Kier molecular flexibility index (Phi) is 17.1. The molecular weight excluding hydrogens is 771 g/mol. The van der Waals surface area contributed by atoms with Crippen LogP contribution >= 0.6 is 0 Å². The van der Waals surface area contributed by atoms with E-state index in [-0.39, 0.29) is 32.1 Å². The number of unbranched alkanes of at least 4 members (excludes halogenated alkanes) is 1. The number of fused-ring (bicyclic) bond motifs is 3. The molecule has 0 fully saturated rings. The van der Waals surface area contributed by atoms with Crippen molar-refractivity contribution in [3.8, 4) is 11.1 Å². The fourth-order valence-corrected chi connectivity index (χ4v) is 6.59. The zero-order valence-electron chi connectivity index (χ0n) is 35.8. The predicted molar refractivity (Wildman–Crippen MR) is 223 cm³/mol. The summed E-state index contributed by atoms with van der Waals surface area (Å²) < 4.78 is 27.4. The number of benzene rings is 3. The summed E-state index contributed by atoms with van der Waals surface area (Å²) in [6.45, 7) is 13.5. The molecule has 0 spiro atoms. The average molecular weight is 830 g/mol. The lowest BCUT2D eigenvalue weighted by molar-refractivity contribution is -0.170. The first-order valence-corrected chi connectivity index (χ1v) is 20.5. The second-order valence-corrected chi connectivity index (χ2v) is 16.5. The largest absolute Gasteiger partial charge is 0.458 e. The van der Waals surface area contributed by atoms with Crippen molar-refractivity contribution in [2.45, 2.75) is 117 Å². The average Bonchev–Trinajstić information content (AvgIpc) is 3.52. The normalized spacial score (nSPS) is 14.1. The third-order valence-electron chi connectivity index (χ3n) is 9.68. The first-order chi connectivity index (χ1) is 28.4. The Balaban J connectivity index is 1.30. The van der Waals surface area contributed by atoms with Gasteiger partial charge in [0.05, 0.1) is 0 Å². The highest BCUT2D eigenvalue weighted by molar-refractivity contribution is 5.90. The minimum atomic E-state index is -1.36. The standard InChI is InChI=1S/C46H59N3O11/c1-28(2)38(43(53)58-30(5)41(51)56-26-31-18-10-9-11-19-31)49-40(50)39(29(3)4)59-42(52)37(48-45(55)60-46(6,7)8)24-16-17-25-47-44(54)57-27-36-34-22-14-12-20-32(34)33-21-13-15-23-35(33)36/h9-15,18-23,28-30,36-39H,16-17,24-27H2,1-8H3,(H,47,54)(H,48,55)(H,49,50). The molecule has 0 aliphatic heterocycles. The molecule has 1 aliphatic rings. The highest BCUT2D eigenvalue weighted by atomic mass is 16.6. The zero-order valence-corrected chi connectivity index (χ0v) is 35.8. The smallest absolute Gasteiger partial charge is 0.408 e. The summed E-state index contributed by atoms with van der Waals surface area (Å²) in [6, 6.07) is 22.7. The van der Waals surface area contributed by atoms with E-state index in [0.29, 0.717) is 12.8 Å². The van der Waals surface area contributed by atoms with E-state index in [9.17, 15) is 28.8 Å². The number of carbonyl (C=O) groups excluding carboxylic acids is 6. The van der Waals surface area contributed by atoms with Crippen LogP contribution in [-0.4, -0.2) is 79.0 Å². The Morgan fingerprint density at radius 2 is 1.25 bits per heavy atom. The van der Waals surface area contributed by atoms with Gasteiger partial charge in [-0.3, -0.25) is 4.79 Å². The maximum Gasteiger partial charge on any atom is 0.408 e. The third kappa shape index (κ3) is 13.8. The van der Waals surface area contributed by atoms with E-state index in [1.54, 1.807) is 72.7 Å². The van der Waals surface area contributed by atoms with Crippen LogP contribution in [0.25, 0.3) is 11.1 Å². The molecule has 4 rings (SSSR count). The molecule has 0 saturated heterocycles. The van der Waals surface area contributed by atoms with Gasteiger partial charge < -0.3 is 39.6 Å². The van der Waals surface area contributed by atoms with E-state index >= 15 is 0 Å². The summed E-state index contributed by atoms with van der Waals surface area (Å²) in [5.41, 5.74) is 4.36. The number of carbonyl (C=O) groups is 6. The van der Waals surface area contributed by atoms with E-state index in [1.165, 1.54) is 6.92 Å². The summed E-state index contributed by atoms with van der Waals surface area (Å²) in [7, 11) is 0. The third-order valence-corrected chi connectivity index (χ3v) is 9.68. The van der Waals surface area contributed by atoms with E-state index in [4.69, 9.17) is 23.7 Å². The van der Waals surface area contributed by atoms with Crippen molar-refractivity contribution in [2.24, 2.45) is 11.8 Å². The van der Waals surface area contributed by atoms with Crippen molar-refractivity contribution < 1.29 is 52.5 Å². The SMILES string of the molecule is CC(OC(=O)C(NC(=O)C(OC(=O)C(CCCCNC(=O)OCC1c2ccccc2-c2ccccc21)NC(=O)OC(C)(C)C)C(C)C)C(C)C)C(=O)OCc1ccccc1. The lowest BCUT2D eigenvalue weighted by atomic mass is 9.98. The minimum Gasteiger partial charge on any atom is -0.458 e. The number of amides is 3. The molecule has 0 bridgehead atoms. The molecule has 3 N–H and O–H groups in total. The molecule has 3 amide bonds. The summed E-state index contributed by atoms with van der Waals surface area (Å²) in [5.74, 6) is -4.39. The molecule has 0 radical (unpaired) electrons. The molecule has 0 aromatic heterocycles. The Morgan fingerprint density at radius 1 is 0.650 bits per heavy atom. The van der Waals surface area contributed by atoms with Crippen molar-refractivity contribution in [2.75, 3.05) is 13.2 Å². The maximum absolute atomic E-state index is 13.7. The molecular formula is C46H59N3O11. The first-order valence-electron chi connectivity index (χ1n) is 20.5. The number of alkyl carbamates (subject to hydrolysis) is 2. The maximum atomic E-state index is 13.7. The molecule has 4 unspecified atom stereocenters. The monoisotopic (exact) mass is 829 g/mol. The number of ether oxygens (including phenoxy) is 5. The van der Waals surface area contributed by atoms with Gasteiger partial charge in [0.15, 0.2) is 12.2 Å². The van der Waals surface area contributed by atoms with Crippen LogP contribution < -0.4 is 16.0 Å². The fourth-order valence-electron chi connectivity index (χ4n) is 6.59. The lowest BCUT2D eigenvalue weighted by Gasteiger charge is -2.28. The number of esters is 3. The van der Waals surface area contributed by atoms with Crippen LogP contribution in [0.15, 0.2) is 78.9 Å². The molecule has 0 saturated carbocycles. The summed E-state index contributed by atoms with van der Waals surface area (Å²) in [5, 5.41) is 7.93.